The molecule has 1 aromatic heterocycles. The van der Waals surface area contributed by atoms with Gasteiger partial charge in [0.2, 0.25) is 0 Å². The van der Waals surface area contributed by atoms with Gasteiger partial charge in [0.25, 0.3) is 0 Å². The quantitative estimate of drug-likeness (QED) is 0.927. The minimum Gasteiger partial charge on any atom is -0.372 e. The number of ether oxygens (including phenoxy) is 1. The van der Waals surface area contributed by atoms with E-state index >= 15 is 0 Å². The highest BCUT2D eigenvalue weighted by molar-refractivity contribution is 5.75. The number of aromatic nitrogens is 2. The molecule has 2 rings (SSSR count). The van der Waals surface area contributed by atoms with Crippen LogP contribution < -0.4 is 5.32 Å². The van der Waals surface area contributed by atoms with Crippen molar-refractivity contribution in [2.24, 2.45) is 7.05 Å². The highest BCUT2D eigenvalue weighted by atomic mass is 16.5. The van der Waals surface area contributed by atoms with E-state index in [1.54, 1.807) is 0 Å². The molecule has 6 nitrogen and oxygen atoms in total. The molecule has 0 aliphatic carbocycles. The number of urea groups is 1. The van der Waals surface area contributed by atoms with E-state index in [0.717, 1.165) is 29.8 Å². The van der Waals surface area contributed by atoms with Gasteiger partial charge >= 0.3 is 6.03 Å². The van der Waals surface area contributed by atoms with E-state index in [0.29, 0.717) is 19.7 Å². The fourth-order valence-corrected chi connectivity index (χ4v) is 3.23. The monoisotopic (exact) mass is 322 g/mol. The maximum Gasteiger partial charge on any atom is 0.318 e. The Morgan fingerprint density at radius 1 is 1.43 bits per heavy atom. The molecule has 2 heterocycles. The van der Waals surface area contributed by atoms with Crippen molar-refractivity contribution >= 4 is 6.03 Å². The van der Waals surface area contributed by atoms with Crippen LogP contribution in [0.4, 0.5) is 4.79 Å². The minimum absolute atomic E-state index is 0.00747. The van der Waals surface area contributed by atoms with Gasteiger partial charge in [-0.25, -0.2) is 4.79 Å². The summed E-state index contributed by atoms with van der Waals surface area (Å²) in [5, 5.41) is 7.66. The summed E-state index contributed by atoms with van der Waals surface area (Å²) in [6.45, 7) is 12.2. The molecule has 1 N–H and O–H groups in total. The molecule has 23 heavy (non-hydrogen) atoms. The molecule has 0 aromatic carbocycles. The Hall–Kier alpha value is -1.56. The number of morpholine rings is 1. The smallest absolute Gasteiger partial charge is 0.318 e. The van der Waals surface area contributed by atoms with Crippen molar-refractivity contribution in [2.75, 3.05) is 19.7 Å². The summed E-state index contributed by atoms with van der Waals surface area (Å²) in [5.41, 5.74) is 2.99. The molecule has 0 radical (unpaired) electrons. The average molecular weight is 322 g/mol. The average Bonchev–Trinajstić information content (AvgIpc) is 2.78. The van der Waals surface area contributed by atoms with E-state index in [2.05, 4.69) is 31.2 Å². The van der Waals surface area contributed by atoms with Crippen LogP contribution in [-0.2, 0) is 11.8 Å². The number of carbonyl (C=O) groups excluding carboxylic acids is 1. The molecule has 1 aliphatic rings. The van der Waals surface area contributed by atoms with E-state index in [-0.39, 0.29) is 17.7 Å². The zero-order valence-electron chi connectivity index (χ0n) is 15.3. The van der Waals surface area contributed by atoms with Gasteiger partial charge in [-0.2, -0.15) is 5.10 Å². The molecule has 2 atom stereocenters. The van der Waals surface area contributed by atoms with Crippen LogP contribution in [0.1, 0.15) is 56.6 Å². The molecule has 1 saturated heterocycles. The molecule has 0 saturated carbocycles. The molecule has 1 aliphatic heterocycles. The Labute approximate surface area is 139 Å². The fraction of sp³-hybridized carbons (Fsp3) is 0.765. The maximum absolute atomic E-state index is 12.7. The second kappa shape index (κ2) is 6.91. The number of aryl methyl sites for hydroxylation is 2. The first-order chi connectivity index (χ1) is 10.8. The Balaban J connectivity index is 2.11. The molecule has 1 aromatic rings. The first-order valence-corrected chi connectivity index (χ1v) is 8.50. The van der Waals surface area contributed by atoms with Crippen molar-refractivity contribution in [2.45, 2.75) is 59.1 Å². The lowest BCUT2D eigenvalue weighted by molar-refractivity contribution is -0.0874. The van der Waals surface area contributed by atoms with Gasteiger partial charge in [-0.15, -0.1) is 0 Å². The van der Waals surface area contributed by atoms with Crippen LogP contribution in [0, 0.1) is 13.8 Å². The Kier molecular flexibility index (Phi) is 5.34. The van der Waals surface area contributed by atoms with E-state index in [4.69, 9.17) is 4.74 Å². The third kappa shape index (κ3) is 3.68. The SMILES string of the molecule is CC[C@@H](NC(=O)N1CCO[C@@](C)(CC)C1)c1c(C)nn(C)c1C. The Morgan fingerprint density at radius 3 is 2.65 bits per heavy atom. The van der Waals surface area contributed by atoms with Crippen molar-refractivity contribution in [3.05, 3.63) is 17.0 Å². The summed E-state index contributed by atoms with van der Waals surface area (Å²) >= 11 is 0. The molecule has 6 heteroatoms. The van der Waals surface area contributed by atoms with Gasteiger partial charge in [-0.1, -0.05) is 13.8 Å². The zero-order valence-corrected chi connectivity index (χ0v) is 15.3. The van der Waals surface area contributed by atoms with Gasteiger partial charge in [0, 0.05) is 24.8 Å². The van der Waals surface area contributed by atoms with E-state index in [1.807, 2.05) is 30.5 Å². The molecular formula is C17H30N4O2. The summed E-state index contributed by atoms with van der Waals surface area (Å²) in [7, 11) is 1.94. The highest BCUT2D eigenvalue weighted by Crippen LogP contribution is 2.25. The summed E-state index contributed by atoms with van der Waals surface area (Å²) in [6, 6.07) is -0.0191. The van der Waals surface area contributed by atoms with Crippen LogP contribution in [0.25, 0.3) is 0 Å². The number of hydrogen-bond donors (Lipinski definition) is 1. The normalized spacial score (nSPS) is 23.0. The molecule has 130 valence electrons. The van der Waals surface area contributed by atoms with E-state index < -0.39 is 0 Å². The first-order valence-electron chi connectivity index (χ1n) is 8.50. The maximum atomic E-state index is 12.7. The van der Waals surface area contributed by atoms with Crippen molar-refractivity contribution < 1.29 is 9.53 Å². The number of hydrogen-bond acceptors (Lipinski definition) is 3. The van der Waals surface area contributed by atoms with Gasteiger partial charge in [0.05, 0.1) is 30.5 Å². The van der Waals surface area contributed by atoms with Crippen molar-refractivity contribution in [1.82, 2.24) is 20.0 Å². The topological polar surface area (TPSA) is 59.4 Å². The molecule has 1 fully saturated rings. The lowest BCUT2D eigenvalue weighted by Crippen LogP contribution is -2.54. The fourth-order valence-electron chi connectivity index (χ4n) is 3.23. The summed E-state index contributed by atoms with van der Waals surface area (Å²) in [6.07, 6.45) is 1.74. The van der Waals surface area contributed by atoms with Crippen LogP contribution in [0.3, 0.4) is 0 Å². The molecule has 2 amide bonds. The number of nitrogens with one attached hydrogen (secondary N) is 1. The second-order valence-corrected chi connectivity index (χ2v) is 6.69. The van der Waals surface area contributed by atoms with Gasteiger partial charge in [0.15, 0.2) is 0 Å². The predicted molar refractivity (Wildman–Crippen MR) is 90.5 cm³/mol. The van der Waals surface area contributed by atoms with E-state index in [9.17, 15) is 4.79 Å². The minimum atomic E-state index is -0.239. The summed E-state index contributed by atoms with van der Waals surface area (Å²) in [4.78, 5) is 14.6. The van der Waals surface area contributed by atoms with Gasteiger partial charge in [-0.3, -0.25) is 4.68 Å². The number of amides is 2. The largest absolute Gasteiger partial charge is 0.372 e. The van der Waals surface area contributed by atoms with Crippen molar-refractivity contribution in [1.29, 1.82) is 0 Å². The van der Waals surface area contributed by atoms with Crippen LogP contribution in [0.2, 0.25) is 0 Å². The number of rotatable bonds is 4. The van der Waals surface area contributed by atoms with Crippen molar-refractivity contribution in [3.8, 4) is 0 Å². The van der Waals surface area contributed by atoms with Crippen LogP contribution >= 0.6 is 0 Å². The van der Waals surface area contributed by atoms with Crippen LogP contribution in [-0.4, -0.2) is 46.0 Å². The predicted octanol–water partition coefficient (Wildman–Crippen LogP) is 2.70. The number of carbonyl (C=O) groups is 1. The molecular weight excluding hydrogens is 292 g/mol. The number of nitrogens with zero attached hydrogens (tertiary/aromatic N) is 3. The van der Waals surface area contributed by atoms with Crippen LogP contribution in [0.15, 0.2) is 0 Å². The standard InChI is InChI=1S/C17H30N4O2/c1-7-14(15-12(3)19-20(6)13(15)4)18-16(22)21-9-10-23-17(5,8-2)11-21/h14H,7-11H2,1-6H3,(H,18,22)/t14-,17+/m1/s1. The molecule has 0 spiro atoms. The molecule has 0 unspecified atom stereocenters. The summed E-state index contributed by atoms with van der Waals surface area (Å²) in [5.74, 6) is 0. The lowest BCUT2D eigenvalue weighted by Gasteiger charge is -2.40. The van der Waals surface area contributed by atoms with Crippen LogP contribution in [0.5, 0.6) is 0 Å². The third-order valence-corrected chi connectivity index (χ3v) is 4.99. The Bertz CT molecular complexity index is 569. The Morgan fingerprint density at radius 2 is 2.13 bits per heavy atom. The third-order valence-electron chi connectivity index (χ3n) is 4.99. The highest BCUT2D eigenvalue weighted by Gasteiger charge is 2.33. The van der Waals surface area contributed by atoms with Gasteiger partial charge in [0.1, 0.15) is 0 Å². The van der Waals surface area contributed by atoms with E-state index in [1.165, 1.54) is 0 Å². The lowest BCUT2D eigenvalue weighted by atomic mass is 10.0. The van der Waals surface area contributed by atoms with Gasteiger partial charge < -0.3 is 15.0 Å². The summed E-state index contributed by atoms with van der Waals surface area (Å²) < 4.78 is 7.69. The molecule has 0 bridgehead atoms. The van der Waals surface area contributed by atoms with Gasteiger partial charge in [-0.05, 0) is 33.6 Å². The first kappa shape index (κ1) is 17.8. The second-order valence-electron chi connectivity index (χ2n) is 6.69. The zero-order chi connectivity index (χ0) is 17.2. The van der Waals surface area contributed by atoms with Crippen molar-refractivity contribution in [3.63, 3.8) is 0 Å².